The maximum atomic E-state index is 12.5. The molecule has 5 nitrogen and oxygen atoms in total. The van der Waals surface area contributed by atoms with Gasteiger partial charge in [0.25, 0.3) is 5.91 Å². The van der Waals surface area contributed by atoms with Crippen LogP contribution in [-0.4, -0.2) is 53.8 Å². The van der Waals surface area contributed by atoms with Crippen molar-refractivity contribution >= 4 is 5.91 Å². The van der Waals surface area contributed by atoms with E-state index in [-0.39, 0.29) is 5.91 Å². The summed E-state index contributed by atoms with van der Waals surface area (Å²) >= 11 is 0. The summed E-state index contributed by atoms with van der Waals surface area (Å²) in [6, 6.07) is 4.44. The molecule has 2 saturated heterocycles. The van der Waals surface area contributed by atoms with Gasteiger partial charge in [0.1, 0.15) is 5.69 Å². The first-order valence-electron chi connectivity index (χ1n) is 8.95. The SMILES string of the molecule is CC(C)n1cccc1C(=O)NC1CCN(CC2CCCO2)CC1. The number of amides is 1. The Morgan fingerprint density at radius 3 is 2.78 bits per heavy atom. The molecule has 1 aromatic rings. The molecule has 3 heterocycles. The fourth-order valence-electron chi connectivity index (χ4n) is 3.63. The minimum Gasteiger partial charge on any atom is -0.377 e. The van der Waals surface area contributed by atoms with Crippen LogP contribution in [0.4, 0.5) is 0 Å². The molecule has 0 spiro atoms. The number of nitrogens with zero attached hydrogens (tertiary/aromatic N) is 2. The largest absolute Gasteiger partial charge is 0.377 e. The molecule has 2 fully saturated rings. The van der Waals surface area contributed by atoms with Crippen LogP contribution in [0.1, 0.15) is 56.1 Å². The number of hydrogen-bond donors (Lipinski definition) is 1. The average molecular weight is 319 g/mol. The molecule has 0 bridgehead atoms. The van der Waals surface area contributed by atoms with E-state index in [2.05, 4.69) is 24.1 Å². The van der Waals surface area contributed by atoms with Crippen molar-refractivity contribution in [3.8, 4) is 0 Å². The summed E-state index contributed by atoms with van der Waals surface area (Å²) in [4.78, 5) is 15.0. The van der Waals surface area contributed by atoms with Gasteiger partial charge in [-0.05, 0) is 51.7 Å². The van der Waals surface area contributed by atoms with E-state index in [0.29, 0.717) is 18.2 Å². The van der Waals surface area contributed by atoms with Crippen molar-refractivity contribution in [3.63, 3.8) is 0 Å². The number of carbonyl (C=O) groups is 1. The van der Waals surface area contributed by atoms with Gasteiger partial charge in [-0.3, -0.25) is 4.79 Å². The zero-order valence-corrected chi connectivity index (χ0v) is 14.3. The van der Waals surface area contributed by atoms with Gasteiger partial charge < -0.3 is 19.5 Å². The van der Waals surface area contributed by atoms with E-state index in [1.807, 2.05) is 22.9 Å². The topological polar surface area (TPSA) is 46.5 Å². The van der Waals surface area contributed by atoms with Crippen molar-refractivity contribution in [1.29, 1.82) is 0 Å². The van der Waals surface area contributed by atoms with Crippen LogP contribution in [0.2, 0.25) is 0 Å². The van der Waals surface area contributed by atoms with E-state index in [4.69, 9.17) is 4.74 Å². The zero-order chi connectivity index (χ0) is 16.2. The van der Waals surface area contributed by atoms with Gasteiger partial charge in [0.15, 0.2) is 0 Å². The van der Waals surface area contributed by atoms with Gasteiger partial charge in [0, 0.05) is 44.5 Å². The van der Waals surface area contributed by atoms with E-state index in [1.54, 1.807) is 0 Å². The first-order chi connectivity index (χ1) is 11.1. The van der Waals surface area contributed by atoms with E-state index < -0.39 is 0 Å². The molecule has 1 unspecified atom stereocenters. The molecule has 2 aliphatic heterocycles. The highest BCUT2D eigenvalue weighted by molar-refractivity contribution is 5.93. The Kier molecular flexibility index (Phi) is 5.38. The summed E-state index contributed by atoms with van der Waals surface area (Å²) in [5.41, 5.74) is 0.766. The van der Waals surface area contributed by atoms with Crippen LogP contribution in [0.3, 0.4) is 0 Å². The number of rotatable bonds is 5. The fraction of sp³-hybridized carbons (Fsp3) is 0.722. The minimum atomic E-state index is 0.0567. The quantitative estimate of drug-likeness (QED) is 0.907. The maximum absolute atomic E-state index is 12.5. The number of nitrogens with one attached hydrogen (secondary N) is 1. The molecule has 5 heteroatoms. The molecule has 1 amide bonds. The Balaban J connectivity index is 1.46. The Morgan fingerprint density at radius 1 is 1.35 bits per heavy atom. The Morgan fingerprint density at radius 2 is 2.13 bits per heavy atom. The van der Waals surface area contributed by atoms with E-state index >= 15 is 0 Å². The lowest BCUT2D eigenvalue weighted by Crippen LogP contribution is -2.46. The number of hydrogen-bond acceptors (Lipinski definition) is 3. The number of carbonyl (C=O) groups excluding carboxylic acids is 1. The lowest BCUT2D eigenvalue weighted by atomic mass is 10.0. The molecule has 2 aliphatic rings. The molecule has 128 valence electrons. The number of aromatic nitrogens is 1. The molecule has 1 N–H and O–H groups in total. The Labute approximate surface area is 139 Å². The molecule has 0 aromatic carbocycles. The summed E-state index contributed by atoms with van der Waals surface area (Å²) in [6.45, 7) is 8.27. The molecule has 0 aliphatic carbocycles. The van der Waals surface area contributed by atoms with Crippen molar-refractivity contribution in [3.05, 3.63) is 24.0 Å². The number of likely N-dealkylation sites (tertiary alicyclic amines) is 1. The van der Waals surface area contributed by atoms with Crippen molar-refractivity contribution in [2.24, 2.45) is 0 Å². The van der Waals surface area contributed by atoms with Gasteiger partial charge in [-0.2, -0.15) is 0 Å². The van der Waals surface area contributed by atoms with Crippen LogP contribution in [0, 0.1) is 0 Å². The van der Waals surface area contributed by atoms with E-state index in [0.717, 1.165) is 44.8 Å². The molecule has 0 saturated carbocycles. The predicted molar refractivity (Wildman–Crippen MR) is 90.7 cm³/mol. The lowest BCUT2D eigenvalue weighted by molar-refractivity contribution is 0.0611. The standard InChI is InChI=1S/C18H29N3O2/c1-14(2)21-9-3-6-17(21)18(22)19-15-7-10-20(11-8-15)13-16-5-4-12-23-16/h3,6,9,14-16H,4-5,7-8,10-13H2,1-2H3,(H,19,22). The van der Waals surface area contributed by atoms with Crippen molar-refractivity contribution in [2.75, 3.05) is 26.2 Å². The number of ether oxygens (including phenoxy) is 1. The van der Waals surface area contributed by atoms with Crippen LogP contribution < -0.4 is 5.32 Å². The van der Waals surface area contributed by atoms with Gasteiger partial charge in [0.2, 0.25) is 0 Å². The highest BCUT2D eigenvalue weighted by atomic mass is 16.5. The predicted octanol–water partition coefficient (Wildman–Crippen LogP) is 2.44. The van der Waals surface area contributed by atoms with Crippen LogP contribution >= 0.6 is 0 Å². The van der Waals surface area contributed by atoms with Gasteiger partial charge in [-0.15, -0.1) is 0 Å². The van der Waals surface area contributed by atoms with Crippen molar-refractivity contribution < 1.29 is 9.53 Å². The lowest BCUT2D eigenvalue weighted by Gasteiger charge is -2.33. The highest BCUT2D eigenvalue weighted by Gasteiger charge is 2.25. The minimum absolute atomic E-state index is 0.0567. The molecule has 3 rings (SSSR count). The summed E-state index contributed by atoms with van der Waals surface area (Å²) in [6.07, 6.45) is 6.86. The Bertz CT molecular complexity index is 512. The summed E-state index contributed by atoms with van der Waals surface area (Å²) in [7, 11) is 0. The van der Waals surface area contributed by atoms with Gasteiger partial charge in [-0.1, -0.05) is 0 Å². The fourth-order valence-corrected chi connectivity index (χ4v) is 3.63. The maximum Gasteiger partial charge on any atom is 0.268 e. The monoisotopic (exact) mass is 319 g/mol. The summed E-state index contributed by atoms with van der Waals surface area (Å²) < 4.78 is 7.75. The molecular formula is C18H29N3O2. The smallest absolute Gasteiger partial charge is 0.268 e. The second kappa shape index (κ2) is 7.49. The van der Waals surface area contributed by atoms with Gasteiger partial charge in [0.05, 0.1) is 6.10 Å². The van der Waals surface area contributed by atoms with E-state index in [9.17, 15) is 4.79 Å². The summed E-state index contributed by atoms with van der Waals surface area (Å²) in [5.74, 6) is 0.0567. The second-order valence-electron chi connectivity index (χ2n) is 7.08. The second-order valence-corrected chi connectivity index (χ2v) is 7.08. The highest BCUT2D eigenvalue weighted by Crippen LogP contribution is 2.18. The third kappa shape index (κ3) is 4.15. The van der Waals surface area contributed by atoms with Crippen molar-refractivity contribution in [2.45, 2.75) is 57.7 Å². The van der Waals surface area contributed by atoms with Crippen molar-refractivity contribution in [1.82, 2.24) is 14.8 Å². The molecule has 23 heavy (non-hydrogen) atoms. The molecule has 1 atom stereocenters. The van der Waals surface area contributed by atoms with Gasteiger partial charge in [-0.25, -0.2) is 0 Å². The Hall–Kier alpha value is -1.33. The third-order valence-electron chi connectivity index (χ3n) is 4.98. The van der Waals surface area contributed by atoms with E-state index in [1.165, 1.54) is 12.8 Å². The normalized spacial score (nSPS) is 23.5. The molecule has 0 radical (unpaired) electrons. The first kappa shape index (κ1) is 16.5. The molecule has 1 aromatic heterocycles. The average Bonchev–Trinajstić information content (AvgIpc) is 3.20. The summed E-state index contributed by atoms with van der Waals surface area (Å²) in [5, 5.41) is 3.21. The zero-order valence-electron chi connectivity index (χ0n) is 14.3. The van der Waals surface area contributed by atoms with Crippen LogP contribution in [-0.2, 0) is 4.74 Å². The first-order valence-corrected chi connectivity index (χ1v) is 8.95. The van der Waals surface area contributed by atoms with Crippen LogP contribution in [0.25, 0.3) is 0 Å². The number of piperidine rings is 1. The van der Waals surface area contributed by atoms with Crippen LogP contribution in [0.5, 0.6) is 0 Å². The molecular weight excluding hydrogens is 290 g/mol. The third-order valence-corrected chi connectivity index (χ3v) is 4.98. The van der Waals surface area contributed by atoms with Gasteiger partial charge >= 0.3 is 0 Å². The van der Waals surface area contributed by atoms with Crippen LogP contribution in [0.15, 0.2) is 18.3 Å².